The molecule has 3 heterocycles. The summed E-state index contributed by atoms with van der Waals surface area (Å²) in [5.41, 5.74) is -2.87. The van der Waals surface area contributed by atoms with Crippen molar-refractivity contribution in [1.82, 2.24) is 19.9 Å². The predicted octanol–water partition coefficient (Wildman–Crippen LogP) is 7.44. The molecule has 14 heteroatoms. The summed E-state index contributed by atoms with van der Waals surface area (Å²) in [5, 5.41) is 8.91. The minimum Gasteiger partial charge on any atom is -0.461 e. The van der Waals surface area contributed by atoms with Gasteiger partial charge in [0.15, 0.2) is 17.1 Å². The molecule has 0 radical (unpaired) electrons. The number of nitrogens with zero attached hydrogens (tertiary/aromatic N) is 4. The second-order valence-corrected chi connectivity index (χ2v) is 9.15. The van der Waals surface area contributed by atoms with Gasteiger partial charge < -0.3 is 9.26 Å². The van der Waals surface area contributed by atoms with Gasteiger partial charge >= 0.3 is 12.1 Å². The van der Waals surface area contributed by atoms with Crippen molar-refractivity contribution in [3.8, 4) is 38.8 Å². The van der Waals surface area contributed by atoms with Crippen LogP contribution in [0.1, 0.15) is 23.1 Å². The fourth-order valence-electron chi connectivity index (χ4n) is 3.85. The Bertz CT molecular complexity index is 1670. The van der Waals surface area contributed by atoms with E-state index in [2.05, 4.69) is 15.2 Å². The van der Waals surface area contributed by atoms with Crippen LogP contribution in [0.5, 0.6) is 0 Å². The second-order valence-electron chi connectivity index (χ2n) is 7.89. The molecule has 0 aliphatic carbocycles. The summed E-state index contributed by atoms with van der Waals surface area (Å²) in [5.74, 6) is -2.83. The standard InChI is InChI=1S/C25H14ClF5N4O3S/c1-2-37-24(36)17-11-39-23(33-17)19-20(18-15(26)7-4-8-16(18)28)34-38-21(19)14-10-32-35(22(14)25(29,30)31)13-6-3-5-12(27)9-13/h3-11H,2H2,1H3. The second kappa shape index (κ2) is 10.2. The third-order valence-corrected chi connectivity index (χ3v) is 6.60. The Morgan fingerprint density at radius 2 is 1.92 bits per heavy atom. The Balaban J connectivity index is 1.79. The van der Waals surface area contributed by atoms with Crippen LogP contribution in [0, 0.1) is 11.6 Å². The minimum absolute atomic E-state index is 0.0183. The first-order chi connectivity index (χ1) is 18.6. The number of hydrogen-bond acceptors (Lipinski definition) is 7. The number of alkyl halides is 3. The Morgan fingerprint density at radius 1 is 1.15 bits per heavy atom. The van der Waals surface area contributed by atoms with E-state index < -0.39 is 40.8 Å². The third kappa shape index (κ3) is 4.90. The van der Waals surface area contributed by atoms with E-state index in [9.17, 15) is 26.7 Å². The molecule has 0 saturated carbocycles. The molecule has 3 aromatic heterocycles. The molecule has 0 bridgehead atoms. The van der Waals surface area contributed by atoms with Crippen LogP contribution < -0.4 is 0 Å². The number of benzene rings is 2. The maximum Gasteiger partial charge on any atom is 0.434 e. The van der Waals surface area contributed by atoms with Gasteiger partial charge in [0.05, 0.1) is 40.2 Å². The van der Waals surface area contributed by atoms with E-state index >= 15 is 0 Å². The van der Waals surface area contributed by atoms with E-state index in [1.54, 1.807) is 6.92 Å². The molecule has 0 N–H and O–H groups in total. The van der Waals surface area contributed by atoms with Gasteiger partial charge in [0, 0.05) is 5.38 Å². The molecule has 2 aromatic carbocycles. The number of esters is 1. The lowest BCUT2D eigenvalue weighted by atomic mass is 10.0. The van der Waals surface area contributed by atoms with E-state index in [0.29, 0.717) is 4.68 Å². The van der Waals surface area contributed by atoms with Gasteiger partial charge in [-0.15, -0.1) is 11.3 Å². The first-order valence-electron chi connectivity index (χ1n) is 11.1. The molecule has 5 rings (SSSR count). The lowest BCUT2D eigenvalue weighted by molar-refractivity contribution is -0.142. The Kier molecular flexibility index (Phi) is 6.95. The zero-order chi connectivity index (χ0) is 27.9. The molecule has 0 saturated heterocycles. The normalized spacial score (nSPS) is 11.7. The van der Waals surface area contributed by atoms with Crippen LogP contribution in [0.3, 0.4) is 0 Å². The van der Waals surface area contributed by atoms with Crippen molar-refractivity contribution in [2.24, 2.45) is 0 Å². The van der Waals surface area contributed by atoms with Gasteiger partial charge in [0.1, 0.15) is 22.3 Å². The number of rotatable bonds is 6. The highest BCUT2D eigenvalue weighted by Gasteiger charge is 2.42. The van der Waals surface area contributed by atoms with Gasteiger partial charge in [-0.1, -0.05) is 28.9 Å². The first kappa shape index (κ1) is 26.5. The number of carbonyl (C=O) groups is 1. The summed E-state index contributed by atoms with van der Waals surface area (Å²) in [6.07, 6.45) is -4.14. The molecular formula is C25H14ClF5N4O3S. The van der Waals surface area contributed by atoms with E-state index in [4.69, 9.17) is 20.9 Å². The minimum atomic E-state index is -5.00. The number of carbonyl (C=O) groups excluding carboxylic acids is 1. The monoisotopic (exact) mass is 580 g/mol. The topological polar surface area (TPSA) is 83.0 Å². The summed E-state index contributed by atoms with van der Waals surface area (Å²) in [4.78, 5) is 16.4. The van der Waals surface area contributed by atoms with Crippen LogP contribution in [0.15, 0.2) is 58.6 Å². The highest BCUT2D eigenvalue weighted by Crippen LogP contribution is 2.47. The van der Waals surface area contributed by atoms with Gasteiger partial charge in [-0.2, -0.15) is 18.3 Å². The lowest BCUT2D eigenvalue weighted by Gasteiger charge is -2.12. The van der Waals surface area contributed by atoms with Gasteiger partial charge in [0.25, 0.3) is 0 Å². The summed E-state index contributed by atoms with van der Waals surface area (Å²) in [7, 11) is 0. The Labute approximate surface area is 225 Å². The molecule has 0 amide bonds. The van der Waals surface area contributed by atoms with Gasteiger partial charge in [0.2, 0.25) is 0 Å². The zero-order valence-electron chi connectivity index (χ0n) is 19.6. The third-order valence-electron chi connectivity index (χ3n) is 5.43. The van der Waals surface area contributed by atoms with Crippen LogP contribution >= 0.6 is 22.9 Å². The quantitative estimate of drug-likeness (QED) is 0.153. The Morgan fingerprint density at radius 3 is 2.62 bits per heavy atom. The molecule has 5 aromatic rings. The molecule has 0 atom stereocenters. The molecular weight excluding hydrogens is 567 g/mol. The van der Waals surface area contributed by atoms with Crippen LogP contribution in [0.4, 0.5) is 22.0 Å². The average molecular weight is 581 g/mol. The van der Waals surface area contributed by atoms with E-state index in [0.717, 1.165) is 35.7 Å². The number of halogens is 6. The average Bonchev–Trinajstić information content (AvgIpc) is 3.61. The molecule has 200 valence electrons. The maximum absolute atomic E-state index is 14.9. The van der Waals surface area contributed by atoms with Crippen molar-refractivity contribution >= 4 is 28.9 Å². The molecule has 0 aliphatic heterocycles. The van der Waals surface area contributed by atoms with Crippen molar-refractivity contribution in [2.75, 3.05) is 6.61 Å². The van der Waals surface area contributed by atoms with Crippen LogP contribution in [-0.4, -0.2) is 32.5 Å². The summed E-state index contributed by atoms with van der Waals surface area (Å²) in [6.45, 7) is 1.66. The largest absolute Gasteiger partial charge is 0.461 e. The molecule has 0 spiro atoms. The van der Waals surface area contributed by atoms with Crippen molar-refractivity contribution in [2.45, 2.75) is 13.1 Å². The molecule has 39 heavy (non-hydrogen) atoms. The highest BCUT2D eigenvalue weighted by atomic mass is 35.5. The van der Waals surface area contributed by atoms with E-state index in [-0.39, 0.29) is 44.8 Å². The van der Waals surface area contributed by atoms with E-state index in [1.165, 1.54) is 29.6 Å². The fraction of sp³-hybridized carbons (Fsp3) is 0.120. The van der Waals surface area contributed by atoms with Crippen LogP contribution in [0.2, 0.25) is 5.02 Å². The maximum atomic E-state index is 14.9. The SMILES string of the molecule is CCOC(=O)c1csc(-c2c(-c3c(F)cccc3Cl)noc2-c2cnn(-c3cccc(F)c3)c2C(F)(F)F)n1. The van der Waals surface area contributed by atoms with Gasteiger partial charge in [-0.25, -0.2) is 23.2 Å². The molecule has 0 aliphatic rings. The van der Waals surface area contributed by atoms with Crippen molar-refractivity contribution in [3.63, 3.8) is 0 Å². The summed E-state index contributed by atoms with van der Waals surface area (Å²) in [6, 6.07) is 8.23. The smallest absolute Gasteiger partial charge is 0.434 e. The summed E-state index contributed by atoms with van der Waals surface area (Å²) < 4.78 is 82.9. The van der Waals surface area contributed by atoms with Gasteiger partial charge in [-0.3, -0.25) is 0 Å². The Hall–Kier alpha value is -4.10. The number of thiazole rings is 1. The fourth-order valence-corrected chi connectivity index (χ4v) is 4.93. The zero-order valence-corrected chi connectivity index (χ0v) is 21.2. The van der Waals surface area contributed by atoms with E-state index in [1.807, 2.05) is 0 Å². The number of aromatic nitrogens is 4. The molecule has 7 nitrogen and oxygen atoms in total. The van der Waals surface area contributed by atoms with Crippen molar-refractivity contribution < 1.29 is 36.0 Å². The highest BCUT2D eigenvalue weighted by molar-refractivity contribution is 7.13. The van der Waals surface area contributed by atoms with Gasteiger partial charge in [-0.05, 0) is 37.3 Å². The number of hydrogen-bond donors (Lipinski definition) is 0. The molecule has 0 fully saturated rings. The van der Waals surface area contributed by atoms with Crippen LogP contribution in [0.25, 0.3) is 38.8 Å². The lowest BCUT2D eigenvalue weighted by Crippen LogP contribution is -2.14. The summed E-state index contributed by atoms with van der Waals surface area (Å²) >= 11 is 7.11. The van der Waals surface area contributed by atoms with Crippen molar-refractivity contribution in [1.29, 1.82) is 0 Å². The predicted molar refractivity (Wildman–Crippen MR) is 131 cm³/mol. The molecule has 0 unspecified atom stereocenters. The van der Waals surface area contributed by atoms with Crippen LogP contribution in [-0.2, 0) is 10.9 Å². The van der Waals surface area contributed by atoms with Crippen molar-refractivity contribution in [3.05, 3.63) is 82.1 Å². The first-order valence-corrected chi connectivity index (χ1v) is 12.3. The number of ether oxygens (including phenoxy) is 1.